The number of hydrogen-bond donors (Lipinski definition) is 1. The van der Waals surface area contributed by atoms with E-state index < -0.39 is 0 Å². The minimum absolute atomic E-state index is 0.331. The van der Waals surface area contributed by atoms with Gasteiger partial charge in [0, 0.05) is 24.5 Å². The van der Waals surface area contributed by atoms with Crippen LogP contribution < -0.4 is 10.2 Å². The molecule has 3 nitrogen and oxygen atoms in total. The van der Waals surface area contributed by atoms with Crippen molar-refractivity contribution in [3.05, 3.63) is 33.0 Å². The summed E-state index contributed by atoms with van der Waals surface area (Å²) in [5, 5.41) is 8.96. The van der Waals surface area contributed by atoms with Crippen LogP contribution in [0.3, 0.4) is 0 Å². The van der Waals surface area contributed by atoms with Gasteiger partial charge in [-0.1, -0.05) is 25.2 Å². The maximum Gasteiger partial charge on any atom is 0.185 e. The number of thiazole rings is 1. The van der Waals surface area contributed by atoms with E-state index in [4.69, 9.17) is 4.98 Å². The average molecular weight is 322 g/mol. The van der Waals surface area contributed by atoms with E-state index >= 15 is 0 Å². The van der Waals surface area contributed by atoms with Gasteiger partial charge < -0.3 is 10.2 Å². The first kappa shape index (κ1) is 15.0. The summed E-state index contributed by atoms with van der Waals surface area (Å²) < 4.78 is 0. The Morgan fingerprint density at radius 2 is 2.29 bits per heavy atom. The summed E-state index contributed by atoms with van der Waals surface area (Å²) >= 11 is 3.61. The number of nitrogens with zero attached hydrogens (tertiary/aromatic N) is 2. The monoisotopic (exact) mass is 321 g/mol. The standard InChI is InChI=1S/C16H23N3S2/c1-16(2)7-12(17-3)14-13(8-16)18-15(21-14)19(4)9-11-5-6-20-10-11/h5-6,10,12,17H,7-9H2,1-4H3. The van der Waals surface area contributed by atoms with E-state index in [0.29, 0.717) is 11.5 Å². The number of anilines is 1. The van der Waals surface area contributed by atoms with E-state index in [9.17, 15) is 0 Å². The zero-order chi connectivity index (χ0) is 15.0. The predicted molar refractivity (Wildman–Crippen MR) is 92.4 cm³/mol. The average Bonchev–Trinajstić information content (AvgIpc) is 3.05. The summed E-state index contributed by atoms with van der Waals surface area (Å²) in [5.74, 6) is 0. The molecule has 2 aromatic heterocycles. The lowest BCUT2D eigenvalue weighted by Gasteiger charge is -2.34. The van der Waals surface area contributed by atoms with E-state index in [1.807, 2.05) is 11.3 Å². The van der Waals surface area contributed by atoms with Gasteiger partial charge in [-0.3, -0.25) is 0 Å². The van der Waals surface area contributed by atoms with Crippen molar-refractivity contribution in [3.63, 3.8) is 0 Å². The number of thiophene rings is 1. The Labute approximate surface area is 135 Å². The fraction of sp³-hybridized carbons (Fsp3) is 0.562. The second-order valence-electron chi connectivity index (χ2n) is 6.68. The molecular weight excluding hydrogens is 298 g/mol. The Kier molecular flexibility index (Phi) is 4.08. The maximum absolute atomic E-state index is 4.93. The molecule has 0 aromatic carbocycles. The predicted octanol–water partition coefficient (Wildman–Crippen LogP) is 4.07. The van der Waals surface area contributed by atoms with E-state index in [-0.39, 0.29) is 0 Å². The number of rotatable bonds is 4. The van der Waals surface area contributed by atoms with E-state index in [0.717, 1.165) is 18.1 Å². The Morgan fingerprint density at radius 1 is 1.48 bits per heavy atom. The van der Waals surface area contributed by atoms with Crippen molar-refractivity contribution in [2.75, 3.05) is 19.0 Å². The van der Waals surface area contributed by atoms with Gasteiger partial charge >= 0.3 is 0 Å². The van der Waals surface area contributed by atoms with Crippen LogP contribution in [-0.4, -0.2) is 19.1 Å². The third kappa shape index (κ3) is 3.15. The molecule has 114 valence electrons. The molecule has 1 atom stereocenters. The number of fused-ring (bicyclic) bond motifs is 1. The van der Waals surface area contributed by atoms with Gasteiger partial charge in [-0.2, -0.15) is 11.3 Å². The van der Waals surface area contributed by atoms with Crippen molar-refractivity contribution < 1.29 is 0 Å². The van der Waals surface area contributed by atoms with Crippen LogP contribution in [0, 0.1) is 5.41 Å². The van der Waals surface area contributed by atoms with E-state index in [1.165, 1.54) is 22.6 Å². The normalized spacial score (nSPS) is 20.3. The molecule has 2 heterocycles. The van der Waals surface area contributed by atoms with Crippen molar-refractivity contribution in [3.8, 4) is 0 Å². The molecule has 21 heavy (non-hydrogen) atoms. The van der Waals surface area contributed by atoms with E-state index in [1.54, 1.807) is 11.3 Å². The van der Waals surface area contributed by atoms with Gasteiger partial charge in [0.15, 0.2) is 5.13 Å². The molecule has 2 aromatic rings. The summed E-state index contributed by atoms with van der Waals surface area (Å²) in [4.78, 5) is 8.64. The molecule has 3 rings (SSSR count). The first-order valence-electron chi connectivity index (χ1n) is 7.37. The lowest BCUT2D eigenvalue weighted by molar-refractivity contribution is 0.265. The molecule has 0 amide bonds. The molecule has 0 aliphatic heterocycles. The van der Waals surface area contributed by atoms with Gasteiger partial charge in [0.1, 0.15) is 0 Å². The van der Waals surface area contributed by atoms with Crippen LogP contribution in [0.2, 0.25) is 0 Å². The second-order valence-corrected chi connectivity index (χ2v) is 8.47. The van der Waals surface area contributed by atoms with Gasteiger partial charge in [-0.25, -0.2) is 4.98 Å². The third-order valence-corrected chi connectivity index (χ3v) is 6.17. The minimum atomic E-state index is 0.331. The van der Waals surface area contributed by atoms with Crippen LogP contribution in [0.4, 0.5) is 5.13 Å². The van der Waals surface area contributed by atoms with Gasteiger partial charge in [0.05, 0.1) is 5.69 Å². The molecule has 1 unspecified atom stereocenters. The minimum Gasteiger partial charge on any atom is -0.347 e. The van der Waals surface area contributed by atoms with Gasteiger partial charge in [0.2, 0.25) is 0 Å². The summed E-state index contributed by atoms with van der Waals surface area (Å²) in [7, 11) is 4.20. The topological polar surface area (TPSA) is 28.2 Å². The Morgan fingerprint density at radius 3 is 2.95 bits per heavy atom. The maximum atomic E-state index is 4.93. The molecular formula is C16H23N3S2. The van der Waals surface area contributed by atoms with Crippen molar-refractivity contribution in [2.24, 2.45) is 5.41 Å². The summed E-state index contributed by atoms with van der Waals surface area (Å²) in [5.41, 5.74) is 2.99. The zero-order valence-electron chi connectivity index (χ0n) is 13.1. The molecule has 0 saturated carbocycles. The largest absolute Gasteiger partial charge is 0.347 e. The highest BCUT2D eigenvalue weighted by Crippen LogP contribution is 2.44. The number of hydrogen-bond acceptors (Lipinski definition) is 5. The SMILES string of the molecule is CNC1CC(C)(C)Cc2nc(N(C)Cc3ccsc3)sc21. The van der Waals surface area contributed by atoms with Gasteiger partial charge in [-0.05, 0) is 47.7 Å². The summed E-state index contributed by atoms with van der Waals surface area (Å²) in [6.45, 7) is 5.62. The van der Waals surface area contributed by atoms with Crippen LogP contribution in [0.15, 0.2) is 16.8 Å². The molecule has 0 radical (unpaired) electrons. The third-order valence-electron chi connectivity index (χ3n) is 4.11. The molecule has 0 spiro atoms. The summed E-state index contributed by atoms with van der Waals surface area (Å²) in [6.07, 6.45) is 2.27. The Hall–Kier alpha value is -0.910. The molecule has 0 saturated heterocycles. The molecule has 1 aliphatic rings. The van der Waals surface area contributed by atoms with Crippen molar-refractivity contribution in [1.29, 1.82) is 0 Å². The first-order chi connectivity index (χ1) is 9.98. The van der Waals surface area contributed by atoms with Crippen molar-refractivity contribution in [1.82, 2.24) is 10.3 Å². The number of nitrogens with one attached hydrogen (secondary N) is 1. The molecule has 5 heteroatoms. The Bertz CT molecular complexity index is 601. The molecule has 0 fully saturated rings. The molecule has 1 N–H and O–H groups in total. The lowest BCUT2D eigenvalue weighted by Crippen LogP contribution is -2.30. The second kappa shape index (κ2) is 5.71. The smallest absolute Gasteiger partial charge is 0.185 e. The summed E-state index contributed by atoms with van der Waals surface area (Å²) in [6, 6.07) is 2.64. The van der Waals surface area contributed by atoms with E-state index in [2.05, 4.69) is 55.0 Å². The van der Waals surface area contributed by atoms with Crippen LogP contribution >= 0.6 is 22.7 Å². The van der Waals surface area contributed by atoms with Gasteiger partial charge in [-0.15, -0.1) is 0 Å². The fourth-order valence-corrected chi connectivity index (χ4v) is 4.85. The highest BCUT2D eigenvalue weighted by Gasteiger charge is 2.34. The zero-order valence-corrected chi connectivity index (χ0v) is 14.8. The molecule has 0 bridgehead atoms. The lowest BCUT2D eigenvalue weighted by atomic mass is 9.76. The highest BCUT2D eigenvalue weighted by atomic mass is 32.1. The van der Waals surface area contributed by atoms with Crippen LogP contribution in [0.25, 0.3) is 0 Å². The van der Waals surface area contributed by atoms with Crippen LogP contribution in [0.1, 0.15) is 42.4 Å². The highest BCUT2D eigenvalue weighted by molar-refractivity contribution is 7.15. The molecule has 1 aliphatic carbocycles. The Balaban J connectivity index is 1.84. The van der Waals surface area contributed by atoms with Crippen molar-refractivity contribution in [2.45, 2.75) is 39.3 Å². The quantitative estimate of drug-likeness (QED) is 0.920. The van der Waals surface area contributed by atoms with Crippen molar-refractivity contribution >= 4 is 27.8 Å². The van der Waals surface area contributed by atoms with Crippen LogP contribution in [-0.2, 0) is 13.0 Å². The number of aromatic nitrogens is 1. The fourth-order valence-electron chi connectivity index (χ4n) is 3.04. The first-order valence-corrected chi connectivity index (χ1v) is 9.13. The van der Waals surface area contributed by atoms with Gasteiger partial charge in [0.25, 0.3) is 0 Å². The van der Waals surface area contributed by atoms with Crippen LogP contribution in [0.5, 0.6) is 0 Å².